The van der Waals surface area contributed by atoms with Gasteiger partial charge in [-0.15, -0.1) is 13.2 Å². The first kappa shape index (κ1) is 18.6. The van der Waals surface area contributed by atoms with Gasteiger partial charge in [0.15, 0.2) is 0 Å². The lowest BCUT2D eigenvalue weighted by Gasteiger charge is -2.52. The molecule has 27 heavy (non-hydrogen) atoms. The summed E-state index contributed by atoms with van der Waals surface area (Å²) in [6.07, 6.45) is -0.844. The van der Waals surface area contributed by atoms with Gasteiger partial charge < -0.3 is 14.7 Å². The van der Waals surface area contributed by atoms with Gasteiger partial charge in [0.1, 0.15) is 5.75 Å². The Balaban J connectivity index is 1.34. The molecule has 1 atom stereocenters. The van der Waals surface area contributed by atoms with Gasteiger partial charge in [-0.2, -0.15) is 0 Å². The van der Waals surface area contributed by atoms with Crippen LogP contribution in [0.5, 0.6) is 5.75 Å². The van der Waals surface area contributed by atoms with E-state index in [0.717, 1.165) is 37.9 Å². The van der Waals surface area contributed by atoms with E-state index in [9.17, 15) is 23.1 Å². The van der Waals surface area contributed by atoms with Crippen molar-refractivity contribution in [2.75, 3.05) is 13.1 Å². The zero-order valence-electron chi connectivity index (χ0n) is 15.3. The fraction of sp³-hybridized carbons (Fsp3) is 0.650. The van der Waals surface area contributed by atoms with Crippen molar-refractivity contribution in [3.63, 3.8) is 0 Å². The second-order valence-corrected chi connectivity index (χ2v) is 8.86. The molecule has 7 heteroatoms. The van der Waals surface area contributed by atoms with Crippen LogP contribution in [0.1, 0.15) is 50.5 Å². The lowest BCUT2D eigenvalue weighted by Crippen LogP contribution is -2.61. The Hall–Kier alpha value is -1.76. The number of likely N-dealkylation sites (tertiary alicyclic amines) is 1. The number of carbonyl (C=O) groups excluding carboxylic acids is 1. The van der Waals surface area contributed by atoms with Crippen molar-refractivity contribution in [2.45, 2.75) is 56.9 Å². The van der Waals surface area contributed by atoms with Crippen LogP contribution >= 0.6 is 0 Å². The van der Waals surface area contributed by atoms with E-state index in [1.807, 2.05) is 11.0 Å². The third-order valence-corrected chi connectivity index (χ3v) is 6.35. The summed E-state index contributed by atoms with van der Waals surface area (Å²) in [7, 11) is 0. The van der Waals surface area contributed by atoms with Gasteiger partial charge in [0.25, 0.3) is 0 Å². The number of rotatable bonds is 3. The number of benzene rings is 1. The van der Waals surface area contributed by atoms with Crippen molar-refractivity contribution < 1.29 is 27.8 Å². The highest BCUT2D eigenvalue weighted by Crippen LogP contribution is 2.53. The number of nitrogens with zero attached hydrogens (tertiary/aromatic N) is 1. The molecule has 3 fully saturated rings. The second-order valence-electron chi connectivity index (χ2n) is 8.86. The average molecular weight is 383 g/mol. The van der Waals surface area contributed by atoms with Gasteiger partial charge in [0, 0.05) is 24.4 Å². The van der Waals surface area contributed by atoms with Crippen LogP contribution < -0.4 is 4.74 Å². The molecule has 0 aromatic heterocycles. The van der Waals surface area contributed by atoms with Crippen LogP contribution in [-0.4, -0.2) is 41.0 Å². The van der Waals surface area contributed by atoms with Crippen molar-refractivity contribution >= 4 is 5.91 Å². The second kappa shape index (κ2) is 6.12. The largest absolute Gasteiger partial charge is 0.573 e. The van der Waals surface area contributed by atoms with Gasteiger partial charge >= 0.3 is 6.36 Å². The average Bonchev–Trinajstić information content (AvgIpc) is 2.94. The fourth-order valence-corrected chi connectivity index (χ4v) is 5.10. The summed E-state index contributed by atoms with van der Waals surface area (Å²) in [5.41, 5.74) is 0.256. The maximum Gasteiger partial charge on any atom is 0.573 e. The van der Waals surface area contributed by atoms with Crippen LogP contribution in [0.15, 0.2) is 24.3 Å². The van der Waals surface area contributed by atoms with Crippen molar-refractivity contribution in [1.29, 1.82) is 0 Å². The highest BCUT2D eigenvalue weighted by molar-refractivity contribution is 5.81. The summed E-state index contributed by atoms with van der Waals surface area (Å²) < 4.78 is 41.3. The molecule has 1 aliphatic heterocycles. The smallest absolute Gasteiger partial charge is 0.406 e. The molecule has 0 bridgehead atoms. The summed E-state index contributed by atoms with van der Waals surface area (Å²) >= 11 is 0. The topological polar surface area (TPSA) is 49.8 Å². The van der Waals surface area contributed by atoms with Gasteiger partial charge in [0.05, 0.1) is 5.60 Å². The first-order chi connectivity index (χ1) is 12.5. The standard InChI is InChI=1S/C20H24F3NO3/c1-18(26)8-15(9-18)17(25)24-11-19(12-24)6-5-14(10-19)13-3-2-4-16(7-13)27-20(21,22)23/h2-4,7,14-15,26H,5-6,8-12H2,1H3/t14-,15-,18+/m1/s1. The van der Waals surface area contributed by atoms with Crippen LogP contribution in [0.4, 0.5) is 13.2 Å². The van der Waals surface area contributed by atoms with Crippen molar-refractivity contribution in [1.82, 2.24) is 4.90 Å². The molecular formula is C20H24F3NO3. The molecule has 0 unspecified atom stereocenters. The van der Waals surface area contributed by atoms with Gasteiger partial charge in [-0.05, 0) is 62.6 Å². The number of aliphatic hydroxyl groups is 1. The van der Waals surface area contributed by atoms with Crippen molar-refractivity contribution in [3.05, 3.63) is 29.8 Å². The van der Waals surface area contributed by atoms with Crippen LogP contribution in [0.3, 0.4) is 0 Å². The van der Waals surface area contributed by atoms with Crippen LogP contribution in [-0.2, 0) is 4.79 Å². The summed E-state index contributed by atoms with van der Waals surface area (Å²) in [5, 5.41) is 9.81. The van der Waals surface area contributed by atoms with E-state index >= 15 is 0 Å². The molecule has 4 rings (SSSR count). The van der Waals surface area contributed by atoms with E-state index in [1.54, 1.807) is 13.0 Å². The Labute approximate surface area is 156 Å². The molecular weight excluding hydrogens is 359 g/mol. The number of ether oxygens (including phenoxy) is 1. The van der Waals surface area contributed by atoms with E-state index in [1.165, 1.54) is 12.1 Å². The number of alkyl halides is 3. The van der Waals surface area contributed by atoms with Gasteiger partial charge in [0.2, 0.25) is 5.91 Å². The minimum absolute atomic E-state index is 0.0641. The molecule has 0 radical (unpaired) electrons. The maximum absolute atomic E-state index is 12.5. The molecule has 1 amide bonds. The molecule has 1 aromatic carbocycles. The van der Waals surface area contributed by atoms with Crippen molar-refractivity contribution in [2.24, 2.45) is 11.3 Å². The number of hydrogen-bond donors (Lipinski definition) is 1. The number of halogens is 3. The molecule has 1 heterocycles. The Morgan fingerprint density at radius 3 is 2.59 bits per heavy atom. The predicted octanol–water partition coefficient (Wildman–Crippen LogP) is 3.84. The van der Waals surface area contributed by atoms with Crippen molar-refractivity contribution in [3.8, 4) is 5.75 Å². The Kier molecular flexibility index (Phi) is 4.22. The number of carbonyl (C=O) groups is 1. The zero-order valence-corrected chi connectivity index (χ0v) is 15.3. The monoisotopic (exact) mass is 383 g/mol. The molecule has 3 aliphatic rings. The summed E-state index contributed by atoms with van der Waals surface area (Å²) in [6, 6.07) is 6.25. The van der Waals surface area contributed by atoms with Gasteiger partial charge in [-0.25, -0.2) is 0 Å². The van der Waals surface area contributed by atoms with E-state index < -0.39 is 12.0 Å². The van der Waals surface area contributed by atoms with Crippen LogP contribution in [0, 0.1) is 11.3 Å². The minimum Gasteiger partial charge on any atom is -0.406 e. The van der Waals surface area contributed by atoms with E-state index in [-0.39, 0.29) is 28.9 Å². The first-order valence-corrected chi connectivity index (χ1v) is 9.41. The predicted molar refractivity (Wildman–Crippen MR) is 92.1 cm³/mol. The molecule has 4 nitrogen and oxygen atoms in total. The minimum atomic E-state index is -4.68. The Morgan fingerprint density at radius 2 is 1.96 bits per heavy atom. The van der Waals surface area contributed by atoms with E-state index in [0.29, 0.717) is 12.8 Å². The molecule has 148 valence electrons. The summed E-state index contributed by atoms with van der Waals surface area (Å²) in [6.45, 7) is 3.20. The SMILES string of the molecule is C[C@]1(O)C[C@@H](C(=O)N2CC3(CC[C@@H](c4cccc(OC(F)(F)F)c4)C3)C2)C1. The molecule has 1 saturated heterocycles. The fourth-order valence-electron chi connectivity index (χ4n) is 5.10. The first-order valence-electron chi connectivity index (χ1n) is 9.41. The number of amides is 1. The molecule has 1 spiro atoms. The maximum atomic E-state index is 12.5. The van der Waals surface area contributed by atoms with Gasteiger partial charge in [-0.3, -0.25) is 4.79 Å². The lowest BCUT2D eigenvalue weighted by molar-refractivity contribution is -0.274. The molecule has 2 saturated carbocycles. The Bertz CT molecular complexity index is 732. The van der Waals surface area contributed by atoms with Gasteiger partial charge in [-0.1, -0.05) is 12.1 Å². The van der Waals surface area contributed by atoms with Crippen LogP contribution in [0.2, 0.25) is 0 Å². The Morgan fingerprint density at radius 1 is 1.26 bits per heavy atom. The molecule has 1 aromatic rings. The number of hydrogen-bond acceptors (Lipinski definition) is 3. The third kappa shape index (κ3) is 3.79. The lowest BCUT2D eigenvalue weighted by atomic mass is 9.69. The summed E-state index contributed by atoms with van der Waals surface area (Å²) in [4.78, 5) is 14.3. The van der Waals surface area contributed by atoms with Crippen LogP contribution in [0.25, 0.3) is 0 Å². The van der Waals surface area contributed by atoms with E-state index in [2.05, 4.69) is 4.74 Å². The third-order valence-electron chi connectivity index (χ3n) is 6.35. The molecule has 1 N–H and O–H groups in total. The summed E-state index contributed by atoms with van der Waals surface area (Å²) in [5.74, 6) is 0.0915. The quantitative estimate of drug-likeness (QED) is 0.863. The van der Waals surface area contributed by atoms with E-state index in [4.69, 9.17) is 0 Å². The molecule has 2 aliphatic carbocycles. The zero-order chi connectivity index (χ0) is 19.4. The highest BCUT2D eigenvalue weighted by atomic mass is 19.4. The normalized spacial score (nSPS) is 32.1. The highest BCUT2D eigenvalue weighted by Gasteiger charge is 2.53.